The van der Waals surface area contributed by atoms with E-state index in [0.29, 0.717) is 17.6 Å². The van der Waals surface area contributed by atoms with E-state index in [0.717, 1.165) is 41.9 Å². The van der Waals surface area contributed by atoms with Gasteiger partial charge in [-0.2, -0.15) is 4.98 Å². The number of nitrogens with zero attached hydrogens (tertiary/aromatic N) is 3. The zero-order chi connectivity index (χ0) is 19.3. The fourth-order valence-corrected chi connectivity index (χ4v) is 3.24. The third kappa shape index (κ3) is 5.02. The van der Waals surface area contributed by atoms with Gasteiger partial charge in [-0.1, -0.05) is 64.9 Å². The van der Waals surface area contributed by atoms with Crippen molar-refractivity contribution in [1.82, 2.24) is 15.5 Å². The molecule has 1 N–H and O–H groups in total. The molecule has 4 rings (SSSR count). The predicted octanol–water partition coefficient (Wildman–Crippen LogP) is 4.74. The SMILES string of the molecule is CC(=NOC(C)c1ccccc1)c1ccc(-c2noc(C3CCNC3)n2)cc1.Cl. The first kappa shape index (κ1) is 21.0. The molecular weight excluding hydrogens is 388 g/mol. The third-order valence-electron chi connectivity index (χ3n) is 5.03. The van der Waals surface area contributed by atoms with Gasteiger partial charge in [0.05, 0.1) is 11.6 Å². The summed E-state index contributed by atoms with van der Waals surface area (Å²) in [4.78, 5) is 10.2. The number of nitrogens with one attached hydrogen (secondary N) is 1. The van der Waals surface area contributed by atoms with E-state index in [-0.39, 0.29) is 18.5 Å². The van der Waals surface area contributed by atoms with Crippen LogP contribution in [0.2, 0.25) is 0 Å². The summed E-state index contributed by atoms with van der Waals surface area (Å²) in [7, 11) is 0. The van der Waals surface area contributed by atoms with Crippen molar-refractivity contribution in [3.8, 4) is 11.4 Å². The van der Waals surface area contributed by atoms with Gasteiger partial charge in [0.2, 0.25) is 11.7 Å². The van der Waals surface area contributed by atoms with Gasteiger partial charge in [0, 0.05) is 12.1 Å². The average molecular weight is 413 g/mol. The Bertz CT molecular complexity index is 935. The van der Waals surface area contributed by atoms with Crippen molar-refractivity contribution >= 4 is 18.1 Å². The van der Waals surface area contributed by atoms with Gasteiger partial charge in [-0.3, -0.25) is 0 Å². The van der Waals surface area contributed by atoms with Gasteiger partial charge in [0.1, 0.15) is 6.10 Å². The lowest BCUT2D eigenvalue weighted by Crippen LogP contribution is -2.08. The summed E-state index contributed by atoms with van der Waals surface area (Å²) in [6.07, 6.45) is 0.940. The molecule has 2 unspecified atom stereocenters. The van der Waals surface area contributed by atoms with Gasteiger partial charge in [0.25, 0.3) is 0 Å². The molecule has 1 saturated heterocycles. The molecule has 0 saturated carbocycles. The van der Waals surface area contributed by atoms with E-state index in [9.17, 15) is 0 Å². The molecule has 0 spiro atoms. The molecule has 1 aliphatic rings. The van der Waals surface area contributed by atoms with Crippen LogP contribution < -0.4 is 5.32 Å². The van der Waals surface area contributed by atoms with Crippen LogP contribution in [-0.2, 0) is 4.84 Å². The van der Waals surface area contributed by atoms with Crippen molar-refractivity contribution in [2.24, 2.45) is 5.16 Å². The number of halogens is 1. The highest BCUT2D eigenvalue weighted by Crippen LogP contribution is 2.24. The molecule has 2 atom stereocenters. The van der Waals surface area contributed by atoms with Crippen molar-refractivity contribution in [3.63, 3.8) is 0 Å². The molecular formula is C22H25ClN4O2. The van der Waals surface area contributed by atoms with E-state index < -0.39 is 0 Å². The molecule has 2 aromatic carbocycles. The van der Waals surface area contributed by atoms with Crippen LogP contribution in [0.1, 0.15) is 49.3 Å². The summed E-state index contributed by atoms with van der Waals surface area (Å²) in [5.74, 6) is 1.65. The second-order valence-electron chi connectivity index (χ2n) is 7.06. The van der Waals surface area contributed by atoms with Crippen LogP contribution in [0.4, 0.5) is 0 Å². The largest absolute Gasteiger partial charge is 0.388 e. The number of rotatable bonds is 6. The number of hydrogen-bond acceptors (Lipinski definition) is 6. The normalized spacial score (nSPS) is 17.6. The van der Waals surface area contributed by atoms with E-state index in [1.165, 1.54) is 0 Å². The minimum Gasteiger partial charge on any atom is -0.388 e. The Labute approximate surface area is 176 Å². The molecule has 1 fully saturated rings. The molecule has 29 heavy (non-hydrogen) atoms. The van der Waals surface area contributed by atoms with Crippen LogP contribution >= 0.6 is 12.4 Å². The smallest absolute Gasteiger partial charge is 0.231 e. The number of oxime groups is 1. The van der Waals surface area contributed by atoms with E-state index in [4.69, 9.17) is 9.36 Å². The summed E-state index contributed by atoms with van der Waals surface area (Å²) in [5.41, 5.74) is 3.84. The molecule has 0 aliphatic carbocycles. The Kier molecular flexibility index (Phi) is 7.01. The lowest BCUT2D eigenvalue weighted by Gasteiger charge is -2.10. The predicted molar refractivity (Wildman–Crippen MR) is 115 cm³/mol. The molecule has 0 bridgehead atoms. The maximum absolute atomic E-state index is 5.66. The summed E-state index contributed by atoms with van der Waals surface area (Å²) in [5, 5.41) is 11.7. The summed E-state index contributed by atoms with van der Waals surface area (Å²) in [6.45, 7) is 5.83. The lowest BCUT2D eigenvalue weighted by molar-refractivity contribution is 0.0723. The maximum atomic E-state index is 5.66. The molecule has 1 aliphatic heterocycles. The van der Waals surface area contributed by atoms with Crippen LogP contribution in [0.3, 0.4) is 0 Å². The first-order valence-electron chi connectivity index (χ1n) is 9.61. The minimum atomic E-state index is -0.0988. The minimum absolute atomic E-state index is 0. The Morgan fingerprint density at radius 1 is 1.17 bits per heavy atom. The molecule has 0 amide bonds. The molecule has 3 aromatic rings. The number of aromatic nitrogens is 2. The van der Waals surface area contributed by atoms with Crippen molar-refractivity contribution < 1.29 is 9.36 Å². The van der Waals surface area contributed by atoms with E-state index in [2.05, 4.69) is 20.6 Å². The maximum Gasteiger partial charge on any atom is 0.231 e. The Balaban J connectivity index is 0.00000240. The number of hydrogen-bond donors (Lipinski definition) is 1. The fraction of sp³-hybridized carbons (Fsp3) is 0.318. The molecule has 2 heterocycles. The second kappa shape index (κ2) is 9.67. The van der Waals surface area contributed by atoms with Crippen LogP contribution in [0, 0.1) is 0 Å². The standard InChI is InChI=1S/C22H24N4O2.ClH/c1-15(25-27-16(2)18-6-4-3-5-7-18)17-8-10-19(11-9-17)21-24-22(28-26-21)20-12-13-23-14-20;/h3-11,16,20,23H,12-14H2,1-2H3;1H. The average Bonchev–Trinajstić information content (AvgIpc) is 3.44. The van der Waals surface area contributed by atoms with E-state index >= 15 is 0 Å². The van der Waals surface area contributed by atoms with Crippen LogP contribution in [0.5, 0.6) is 0 Å². The Hall–Kier alpha value is -2.70. The van der Waals surface area contributed by atoms with E-state index in [1.54, 1.807) is 0 Å². The van der Waals surface area contributed by atoms with Gasteiger partial charge in [-0.05, 0) is 37.9 Å². The Morgan fingerprint density at radius 3 is 2.62 bits per heavy atom. The monoisotopic (exact) mass is 412 g/mol. The summed E-state index contributed by atoms with van der Waals surface area (Å²) < 4.78 is 5.44. The molecule has 7 heteroatoms. The van der Waals surface area contributed by atoms with Crippen LogP contribution in [-0.4, -0.2) is 28.9 Å². The van der Waals surface area contributed by atoms with Crippen molar-refractivity contribution in [2.45, 2.75) is 32.3 Å². The second-order valence-corrected chi connectivity index (χ2v) is 7.06. The topological polar surface area (TPSA) is 72.5 Å². The molecule has 152 valence electrons. The van der Waals surface area contributed by atoms with Crippen LogP contribution in [0.15, 0.2) is 64.3 Å². The van der Waals surface area contributed by atoms with E-state index in [1.807, 2.05) is 68.4 Å². The highest BCUT2D eigenvalue weighted by Gasteiger charge is 2.23. The fourth-order valence-electron chi connectivity index (χ4n) is 3.24. The van der Waals surface area contributed by atoms with Gasteiger partial charge < -0.3 is 14.7 Å². The Morgan fingerprint density at radius 2 is 1.93 bits per heavy atom. The van der Waals surface area contributed by atoms with Crippen molar-refractivity contribution in [1.29, 1.82) is 0 Å². The van der Waals surface area contributed by atoms with Gasteiger partial charge in [-0.15, -0.1) is 12.4 Å². The summed E-state index contributed by atoms with van der Waals surface area (Å²) >= 11 is 0. The first-order chi connectivity index (χ1) is 13.7. The van der Waals surface area contributed by atoms with Gasteiger partial charge >= 0.3 is 0 Å². The lowest BCUT2D eigenvalue weighted by atomic mass is 10.1. The van der Waals surface area contributed by atoms with Gasteiger partial charge in [-0.25, -0.2) is 0 Å². The highest BCUT2D eigenvalue weighted by molar-refractivity contribution is 5.98. The molecule has 6 nitrogen and oxygen atoms in total. The van der Waals surface area contributed by atoms with Crippen molar-refractivity contribution in [2.75, 3.05) is 13.1 Å². The first-order valence-corrected chi connectivity index (χ1v) is 9.61. The van der Waals surface area contributed by atoms with Gasteiger partial charge in [0.15, 0.2) is 0 Å². The van der Waals surface area contributed by atoms with Crippen molar-refractivity contribution in [3.05, 3.63) is 71.6 Å². The summed E-state index contributed by atoms with van der Waals surface area (Å²) in [6, 6.07) is 18.0. The molecule has 0 radical (unpaired) electrons. The quantitative estimate of drug-likeness (QED) is 0.467. The highest BCUT2D eigenvalue weighted by atomic mass is 35.5. The zero-order valence-corrected chi connectivity index (χ0v) is 17.4. The zero-order valence-electron chi connectivity index (χ0n) is 16.5. The third-order valence-corrected chi connectivity index (χ3v) is 5.03. The number of benzene rings is 2. The molecule has 1 aromatic heterocycles. The van der Waals surface area contributed by atoms with Crippen LogP contribution in [0.25, 0.3) is 11.4 Å².